The zero-order valence-electron chi connectivity index (χ0n) is 15.4. The van der Waals surface area contributed by atoms with Gasteiger partial charge in [-0.3, -0.25) is 4.79 Å². The van der Waals surface area contributed by atoms with Crippen LogP contribution in [0.25, 0.3) is 16.8 Å². The number of hydrogen-bond donors (Lipinski definition) is 1. The highest BCUT2D eigenvalue weighted by Gasteiger charge is 2.17. The van der Waals surface area contributed by atoms with E-state index in [1.807, 2.05) is 43.3 Å². The third-order valence-corrected chi connectivity index (χ3v) is 4.94. The number of nitrogens with two attached hydrogens (primary N) is 1. The molecule has 0 bridgehead atoms. The SMILES string of the molecule is CCc1nc2ccc(Cc3ccc(-c4ccc(Cl)cc4)cc3)nn2c1C(N)=O. The van der Waals surface area contributed by atoms with E-state index in [9.17, 15) is 4.79 Å². The first-order chi connectivity index (χ1) is 13.5. The van der Waals surface area contributed by atoms with E-state index in [-0.39, 0.29) is 0 Å². The number of halogens is 1. The molecule has 0 radical (unpaired) electrons. The van der Waals surface area contributed by atoms with Gasteiger partial charge in [0.1, 0.15) is 0 Å². The number of nitrogens with zero attached hydrogens (tertiary/aromatic N) is 3. The first-order valence-corrected chi connectivity index (χ1v) is 9.45. The molecule has 2 aromatic carbocycles. The summed E-state index contributed by atoms with van der Waals surface area (Å²) in [4.78, 5) is 16.3. The fourth-order valence-electron chi connectivity index (χ4n) is 3.27. The smallest absolute Gasteiger partial charge is 0.269 e. The summed E-state index contributed by atoms with van der Waals surface area (Å²) in [7, 11) is 0. The molecule has 0 saturated carbocycles. The number of amides is 1. The van der Waals surface area contributed by atoms with Crippen LogP contribution in [-0.2, 0) is 12.8 Å². The highest BCUT2D eigenvalue weighted by atomic mass is 35.5. The molecule has 4 aromatic rings. The van der Waals surface area contributed by atoms with Gasteiger partial charge in [-0.25, -0.2) is 9.50 Å². The summed E-state index contributed by atoms with van der Waals surface area (Å²) >= 11 is 5.96. The zero-order valence-corrected chi connectivity index (χ0v) is 16.1. The number of hydrogen-bond acceptors (Lipinski definition) is 3. The quantitative estimate of drug-likeness (QED) is 0.552. The number of primary amides is 1. The van der Waals surface area contributed by atoms with Crippen LogP contribution in [0.2, 0.25) is 5.02 Å². The summed E-state index contributed by atoms with van der Waals surface area (Å²) in [6, 6.07) is 19.9. The molecule has 2 heterocycles. The second kappa shape index (κ2) is 7.44. The van der Waals surface area contributed by atoms with Gasteiger partial charge >= 0.3 is 0 Å². The van der Waals surface area contributed by atoms with Crippen molar-refractivity contribution >= 4 is 23.2 Å². The van der Waals surface area contributed by atoms with Gasteiger partial charge in [-0.2, -0.15) is 5.10 Å². The maximum Gasteiger partial charge on any atom is 0.269 e. The third-order valence-electron chi connectivity index (χ3n) is 4.69. The Hall–Kier alpha value is -3.18. The second-order valence-electron chi connectivity index (χ2n) is 6.60. The molecule has 0 atom stereocenters. The largest absolute Gasteiger partial charge is 0.364 e. The number of rotatable bonds is 5. The third kappa shape index (κ3) is 3.49. The first-order valence-electron chi connectivity index (χ1n) is 9.07. The molecular weight excluding hydrogens is 372 g/mol. The van der Waals surface area contributed by atoms with Gasteiger partial charge in [-0.15, -0.1) is 0 Å². The summed E-state index contributed by atoms with van der Waals surface area (Å²) in [5.41, 5.74) is 11.4. The van der Waals surface area contributed by atoms with Gasteiger partial charge in [0.25, 0.3) is 5.91 Å². The van der Waals surface area contributed by atoms with Gasteiger partial charge in [-0.05, 0) is 47.4 Å². The van der Waals surface area contributed by atoms with Crippen molar-refractivity contribution in [2.75, 3.05) is 0 Å². The monoisotopic (exact) mass is 390 g/mol. The molecule has 1 amide bonds. The Morgan fingerprint density at radius 2 is 1.64 bits per heavy atom. The van der Waals surface area contributed by atoms with Crippen molar-refractivity contribution in [3.63, 3.8) is 0 Å². The van der Waals surface area contributed by atoms with Crippen LogP contribution in [-0.4, -0.2) is 20.5 Å². The molecule has 0 fully saturated rings. The van der Waals surface area contributed by atoms with E-state index in [1.165, 1.54) is 0 Å². The summed E-state index contributed by atoms with van der Waals surface area (Å²) in [6.45, 7) is 1.94. The van der Waals surface area contributed by atoms with Crippen LogP contribution in [0.4, 0.5) is 0 Å². The van der Waals surface area contributed by atoms with E-state index in [1.54, 1.807) is 4.52 Å². The van der Waals surface area contributed by atoms with E-state index in [4.69, 9.17) is 17.3 Å². The summed E-state index contributed by atoms with van der Waals surface area (Å²) < 4.78 is 1.55. The maximum absolute atomic E-state index is 11.8. The van der Waals surface area contributed by atoms with Gasteiger partial charge in [-0.1, -0.05) is 54.9 Å². The number of benzene rings is 2. The van der Waals surface area contributed by atoms with E-state index in [0.29, 0.717) is 29.9 Å². The van der Waals surface area contributed by atoms with Crippen molar-refractivity contribution in [3.05, 3.63) is 88.3 Å². The van der Waals surface area contributed by atoms with Crippen molar-refractivity contribution in [1.29, 1.82) is 0 Å². The van der Waals surface area contributed by atoms with Crippen LogP contribution in [0.5, 0.6) is 0 Å². The molecule has 5 nitrogen and oxygen atoms in total. The van der Waals surface area contributed by atoms with Crippen LogP contribution in [0.3, 0.4) is 0 Å². The molecular formula is C22H19ClN4O. The number of aryl methyl sites for hydroxylation is 1. The van der Waals surface area contributed by atoms with E-state index in [0.717, 1.165) is 27.4 Å². The van der Waals surface area contributed by atoms with E-state index >= 15 is 0 Å². The predicted molar refractivity (Wildman–Crippen MR) is 111 cm³/mol. The Kier molecular flexibility index (Phi) is 4.84. The lowest BCUT2D eigenvalue weighted by Crippen LogP contribution is -2.17. The Balaban J connectivity index is 1.62. The molecule has 0 unspecified atom stereocenters. The molecule has 140 valence electrons. The van der Waals surface area contributed by atoms with Crippen molar-refractivity contribution in [1.82, 2.24) is 14.6 Å². The minimum atomic E-state index is -0.513. The molecule has 0 saturated heterocycles. The van der Waals surface area contributed by atoms with E-state index < -0.39 is 5.91 Å². The molecule has 2 aromatic heterocycles. The Labute approximate surface area is 167 Å². The molecule has 0 aliphatic carbocycles. The number of aromatic nitrogens is 3. The molecule has 4 rings (SSSR count). The lowest BCUT2D eigenvalue weighted by molar-refractivity contribution is 0.0992. The minimum absolute atomic E-state index is 0.359. The zero-order chi connectivity index (χ0) is 19.7. The number of imidazole rings is 1. The summed E-state index contributed by atoms with van der Waals surface area (Å²) in [5, 5.41) is 5.31. The lowest BCUT2D eigenvalue weighted by Gasteiger charge is -2.06. The van der Waals surface area contributed by atoms with E-state index in [2.05, 4.69) is 34.3 Å². The summed E-state index contributed by atoms with van der Waals surface area (Å²) in [5.74, 6) is -0.513. The van der Waals surface area contributed by atoms with Crippen LogP contribution < -0.4 is 5.73 Å². The van der Waals surface area contributed by atoms with Gasteiger partial charge in [0.05, 0.1) is 11.4 Å². The molecule has 28 heavy (non-hydrogen) atoms. The summed E-state index contributed by atoms with van der Waals surface area (Å²) in [6.07, 6.45) is 1.28. The topological polar surface area (TPSA) is 73.3 Å². The molecule has 6 heteroatoms. The highest BCUT2D eigenvalue weighted by molar-refractivity contribution is 6.30. The molecule has 0 aliphatic heterocycles. The average Bonchev–Trinajstić information content (AvgIpc) is 3.07. The molecule has 2 N–H and O–H groups in total. The maximum atomic E-state index is 11.8. The van der Waals surface area contributed by atoms with Crippen LogP contribution in [0, 0.1) is 0 Å². The lowest BCUT2D eigenvalue weighted by atomic mass is 10.0. The average molecular weight is 391 g/mol. The number of fused-ring (bicyclic) bond motifs is 1. The van der Waals surface area contributed by atoms with Gasteiger partial charge in [0.2, 0.25) is 0 Å². The molecule has 0 aliphatic rings. The standard InChI is InChI=1S/C22H19ClN4O/c1-2-19-21(22(24)28)27-20(25-19)12-11-18(26-27)13-14-3-5-15(6-4-14)16-7-9-17(23)10-8-16/h3-12H,2,13H2,1H3,(H2,24,28). The van der Waals surface area contributed by atoms with Gasteiger partial charge < -0.3 is 5.73 Å². The number of carbonyl (C=O) groups is 1. The van der Waals surface area contributed by atoms with Gasteiger partial charge in [0.15, 0.2) is 11.3 Å². The van der Waals surface area contributed by atoms with Crippen molar-refractivity contribution in [2.45, 2.75) is 19.8 Å². The normalized spacial score (nSPS) is 11.1. The fraction of sp³-hybridized carbons (Fsp3) is 0.136. The fourth-order valence-corrected chi connectivity index (χ4v) is 3.40. The second-order valence-corrected chi connectivity index (χ2v) is 7.04. The van der Waals surface area contributed by atoms with Gasteiger partial charge in [0, 0.05) is 11.4 Å². The van der Waals surface area contributed by atoms with Crippen LogP contribution >= 0.6 is 11.6 Å². The Morgan fingerprint density at radius 1 is 1.00 bits per heavy atom. The Morgan fingerprint density at radius 3 is 2.25 bits per heavy atom. The van der Waals surface area contributed by atoms with Crippen LogP contribution in [0.1, 0.15) is 34.4 Å². The van der Waals surface area contributed by atoms with Crippen molar-refractivity contribution < 1.29 is 4.79 Å². The number of carbonyl (C=O) groups excluding carboxylic acids is 1. The highest BCUT2D eigenvalue weighted by Crippen LogP contribution is 2.22. The Bertz CT molecular complexity index is 1150. The first kappa shape index (κ1) is 18.2. The minimum Gasteiger partial charge on any atom is -0.364 e. The van der Waals surface area contributed by atoms with Crippen molar-refractivity contribution in [3.8, 4) is 11.1 Å². The van der Waals surface area contributed by atoms with Crippen LogP contribution in [0.15, 0.2) is 60.7 Å². The molecule has 0 spiro atoms. The predicted octanol–water partition coefficient (Wildman–Crippen LogP) is 4.30. The van der Waals surface area contributed by atoms with Crippen molar-refractivity contribution in [2.24, 2.45) is 5.73 Å².